The first-order valence-corrected chi connectivity index (χ1v) is 6.41. The van der Waals surface area contributed by atoms with E-state index in [2.05, 4.69) is 11.8 Å². The molecular formula is C14H20N2O2. The number of carbonyl (C=O) groups is 1. The van der Waals surface area contributed by atoms with Crippen molar-refractivity contribution < 1.29 is 9.53 Å². The van der Waals surface area contributed by atoms with E-state index in [0.717, 1.165) is 32.7 Å². The lowest BCUT2D eigenvalue weighted by atomic mass is 10.1. The first-order chi connectivity index (χ1) is 8.76. The van der Waals surface area contributed by atoms with E-state index in [4.69, 9.17) is 4.74 Å². The van der Waals surface area contributed by atoms with Crippen LogP contribution in [-0.4, -0.2) is 55.5 Å². The van der Waals surface area contributed by atoms with Crippen molar-refractivity contribution in [3.8, 4) is 5.75 Å². The molecular weight excluding hydrogens is 228 g/mol. The van der Waals surface area contributed by atoms with Crippen molar-refractivity contribution in [2.24, 2.45) is 0 Å². The fourth-order valence-electron chi connectivity index (χ4n) is 2.26. The second-order valence-corrected chi connectivity index (χ2v) is 4.43. The van der Waals surface area contributed by atoms with Gasteiger partial charge in [-0.05, 0) is 18.7 Å². The van der Waals surface area contributed by atoms with E-state index in [1.807, 2.05) is 29.2 Å². The van der Waals surface area contributed by atoms with Gasteiger partial charge >= 0.3 is 0 Å². The minimum atomic E-state index is 0.0724. The summed E-state index contributed by atoms with van der Waals surface area (Å²) >= 11 is 0. The molecule has 18 heavy (non-hydrogen) atoms. The van der Waals surface area contributed by atoms with Gasteiger partial charge in [-0.15, -0.1) is 0 Å². The Morgan fingerprint density at radius 1 is 1.22 bits per heavy atom. The molecule has 0 aliphatic carbocycles. The van der Waals surface area contributed by atoms with Gasteiger partial charge in [-0.1, -0.05) is 19.1 Å². The molecule has 98 valence electrons. The third-order valence-corrected chi connectivity index (χ3v) is 3.44. The fourth-order valence-corrected chi connectivity index (χ4v) is 2.26. The minimum absolute atomic E-state index is 0.0724. The van der Waals surface area contributed by atoms with Crippen molar-refractivity contribution >= 4 is 5.91 Å². The molecule has 0 N–H and O–H groups in total. The minimum Gasteiger partial charge on any atom is -0.496 e. The molecule has 0 atom stereocenters. The number of piperazine rings is 1. The molecule has 1 aromatic rings. The summed E-state index contributed by atoms with van der Waals surface area (Å²) in [7, 11) is 1.60. The molecule has 0 bridgehead atoms. The van der Waals surface area contributed by atoms with Gasteiger partial charge < -0.3 is 14.5 Å². The van der Waals surface area contributed by atoms with Crippen LogP contribution in [-0.2, 0) is 0 Å². The van der Waals surface area contributed by atoms with Gasteiger partial charge in [-0.3, -0.25) is 4.79 Å². The number of carbonyl (C=O) groups excluding carboxylic acids is 1. The van der Waals surface area contributed by atoms with Crippen molar-refractivity contribution in [1.29, 1.82) is 0 Å². The molecule has 1 heterocycles. The highest BCUT2D eigenvalue weighted by molar-refractivity contribution is 5.97. The number of amides is 1. The third-order valence-electron chi connectivity index (χ3n) is 3.44. The molecule has 2 rings (SSSR count). The molecule has 0 unspecified atom stereocenters. The maximum Gasteiger partial charge on any atom is 0.257 e. The van der Waals surface area contributed by atoms with Gasteiger partial charge in [-0.2, -0.15) is 0 Å². The average Bonchev–Trinajstić information content (AvgIpc) is 2.46. The lowest BCUT2D eigenvalue weighted by Crippen LogP contribution is -2.48. The van der Waals surface area contributed by atoms with Gasteiger partial charge in [0.15, 0.2) is 0 Å². The molecule has 0 spiro atoms. The quantitative estimate of drug-likeness (QED) is 0.812. The van der Waals surface area contributed by atoms with Crippen LogP contribution in [0.25, 0.3) is 0 Å². The number of nitrogens with zero attached hydrogens (tertiary/aromatic N) is 2. The maximum absolute atomic E-state index is 12.4. The van der Waals surface area contributed by atoms with Crippen LogP contribution in [0.4, 0.5) is 0 Å². The topological polar surface area (TPSA) is 32.8 Å². The molecule has 1 saturated heterocycles. The number of hydrogen-bond acceptors (Lipinski definition) is 3. The van der Waals surface area contributed by atoms with E-state index in [1.54, 1.807) is 7.11 Å². The Morgan fingerprint density at radius 3 is 2.50 bits per heavy atom. The first-order valence-electron chi connectivity index (χ1n) is 6.41. The molecule has 4 nitrogen and oxygen atoms in total. The largest absolute Gasteiger partial charge is 0.496 e. The highest BCUT2D eigenvalue weighted by atomic mass is 16.5. The molecule has 1 fully saturated rings. The molecule has 0 saturated carbocycles. The molecule has 0 aromatic heterocycles. The predicted octanol–water partition coefficient (Wildman–Crippen LogP) is 1.47. The van der Waals surface area contributed by atoms with Gasteiger partial charge in [0.05, 0.1) is 12.7 Å². The number of likely N-dealkylation sites (N-methyl/N-ethyl adjacent to an activating group) is 1. The van der Waals surface area contributed by atoms with Crippen molar-refractivity contribution in [3.05, 3.63) is 29.8 Å². The van der Waals surface area contributed by atoms with Gasteiger partial charge in [0.25, 0.3) is 5.91 Å². The number of rotatable bonds is 3. The average molecular weight is 248 g/mol. The Morgan fingerprint density at radius 2 is 1.89 bits per heavy atom. The van der Waals surface area contributed by atoms with Crippen LogP contribution in [0.3, 0.4) is 0 Å². The van der Waals surface area contributed by atoms with Crippen LogP contribution in [0.2, 0.25) is 0 Å². The normalized spacial score (nSPS) is 16.7. The van der Waals surface area contributed by atoms with Crippen LogP contribution in [0.5, 0.6) is 5.75 Å². The monoisotopic (exact) mass is 248 g/mol. The summed E-state index contributed by atoms with van der Waals surface area (Å²) in [5, 5.41) is 0. The standard InChI is InChI=1S/C14H20N2O2/c1-3-15-8-10-16(11-9-15)14(17)12-6-4-5-7-13(12)18-2/h4-7H,3,8-11H2,1-2H3. The second-order valence-electron chi connectivity index (χ2n) is 4.43. The van der Waals surface area contributed by atoms with Crippen molar-refractivity contribution in [2.45, 2.75) is 6.92 Å². The van der Waals surface area contributed by atoms with E-state index in [-0.39, 0.29) is 5.91 Å². The summed E-state index contributed by atoms with van der Waals surface area (Å²) in [6.45, 7) is 6.71. The van der Waals surface area contributed by atoms with Crippen LogP contribution >= 0.6 is 0 Å². The number of hydrogen-bond donors (Lipinski definition) is 0. The molecule has 0 radical (unpaired) electrons. The molecule has 1 amide bonds. The van der Waals surface area contributed by atoms with Gasteiger partial charge in [0.1, 0.15) is 5.75 Å². The highest BCUT2D eigenvalue weighted by Crippen LogP contribution is 2.19. The lowest BCUT2D eigenvalue weighted by molar-refractivity contribution is 0.0640. The van der Waals surface area contributed by atoms with Crippen molar-refractivity contribution in [1.82, 2.24) is 9.80 Å². The van der Waals surface area contributed by atoms with E-state index in [0.29, 0.717) is 11.3 Å². The Bertz CT molecular complexity index is 412. The molecule has 1 aromatic carbocycles. The summed E-state index contributed by atoms with van der Waals surface area (Å²) in [4.78, 5) is 16.7. The summed E-state index contributed by atoms with van der Waals surface area (Å²) in [5.41, 5.74) is 0.657. The van der Waals surface area contributed by atoms with Crippen molar-refractivity contribution in [3.63, 3.8) is 0 Å². The van der Waals surface area contributed by atoms with Crippen molar-refractivity contribution in [2.75, 3.05) is 39.8 Å². The first kappa shape index (κ1) is 12.9. The SMILES string of the molecule is CCN1CCN(C(=O)c2ccccc2OC)CC1. The Kier molecular flexibility index (Phi) is 4.20. The second kappa shape index (κ2) is 5.87. The Balaban J connectivity index is 2.08. The summed E-state index contributed by atoms with van der Waals surface area (Å²) < 4.78 is 5.24. The summed E-state index contributed by atoms with van der Waals surface area (Å²) in [6, 6.07) is 7.41. The van der Waals surface area contributed by atoms with Crippen LogP contribution in [0.15, 0.2) is 24.3 Å². The van der Waals surface area contributed by atoms with Gasteiger partial charge in [-0.25, -0.2) is 0 Å². The summed E-state index contributed by atoms with van der Waals surface area (Å²) in [6.07, 6.45) is 0. The number of methoxy groups -OCH3 is 1. The number of benzene rings is 1. The van der Waals surface area contributed by atoms with E-state index < -0.39 is 0 Å². The highest BCUT2D eigenvalue weighted by Gasteiger charge is 2.23. The Labute approximate surface area is 108 Å². The smallest absolute Gasteiger partial charge is 0.257 e. The molecule has 1 aliphatic heterocycles. The van der Waals surface area contributed by atoms with E-state index in [1.165, 1.54) is 0 Å². The van der Waals surface area contributed by atoms with Gasteiger partial charge in [0, 0.05) is 26.2 Å². The van der Waals surface area contributed by atoms with Crippen LogP contribution in [0.1, 0.15) is 17.3 Å². The Hall–Kier alpha value is -1.55. The predicted molar refractivity (Wildman–Crippen MR) is 71.0 cm³/mol. The fraction of sp³-hybridized carbons (Fsp3) is 0.500. The van der Waals surface area contributed by atoms with E-state index in [9.17, 15) is 4.79 Å². The summed E-state index contributed by atoms with van der Waals surface area (Å²) in [5.74, 6) is 0.726. The molecule has 4 heteroatoms. The van der Waals surface area contributed by atoms with Crippen LogP contribution in [0, 0.1) is 0 Å². The zero-order valence-corrected chi connectivity index (χ0v) is 11.1. The zero-order valence-electron chi connectivity index (χ0n) is 11.1. The molecule has 1 aliphatic rings. The lowest BCUT2D eigenvalue weighted by Gasteiger charge is -2.34. The van der Waals surface area contributed by atoms with E-state index >= 15 is 0 Å². The van der Waals surface area contributed by atoms with Crippen LogP contribution < -0.4 is 4.74 Å². The van der Waals surface area contributed by atoms with Gasteiger partial charge in [0.2, 0.25) is 0 Å². The third kappa shape index (κ3) is 2.64. The number of ether oxygens (including phenoxy) is 1. The maximum atomic E-state index is 12.4. The zero-order chi connectivity index (χ0) is 13.0. The number of para-hydroxylation sites is 1.